The van der Waals surface area contributed by atoms with Crippen LogP contribution in [0.2, 0.25) is 0 Å². The molecule has 0 bridgehead atoms. The normalized spacial score (nSPS) is 11.8. The van der Waals surface area contributed by atoms with Crippen LogP contribution in [0.1, 0.15) is 20.3 Å². The van der Waals surface area contributed by atoms with Gasteiger partial charge in [0.2, 0.25) is 10.0 Å². The number of hydrogen-bond donors (Lipinski definition) is 1. The molecule has 0 aliphatic rings. The second kappa shape index (κ2) is 8.16. The Morgan fingerprint density at radius 3 is 2.60 bits per heavy atom. The molecule has 0 radical (unpaired) electrons. The van der Waals surface area contributed by atoms with Gasteiger partial charge < -0.3 is 9.47 Å². The minimum absolute atomic E-state index is 0.162. The van der Waals surface area contributed by atoms with Gasteiger partial charge in [-0.05, 0) is 61.1 Å². The van der Waals surface area contributed by atoms with Gasteiger partial charge in [-0.3, -0.25) is 0 Å². The Balaban J connectivity index is 2.58. The van der Waals surface area contributed by atoms with E-state index in [1.807, 2.05) is 36.4 Å². The monoisotopic (exact) mass is 413 g/mol. The smallest absolute Gasteiger partial charge is 0.240 e. The van der Waals surface area contributed by atoms with E-state index in [4.69, 9.17) is 9.47 Å². The molecule has 0 saturated carbocycles. The van der Waals surface area contributed by atoms with Crippen molar-refractivity contribution in [3.05, 3.63) is 21.8 Å². The van der Waals surface area contributed by atoms with Crippen molar-refractivity contribution in [2.45, 2.75) is 31.3 Å². The Morgan fingerprint density at radius 1 is 1.35 bits per heavy atom. The number of rotatable bonds is 8. The van der Waals surface area contributed by atoms with Crippen LogP contribution in [0.4, 0.5) is 0 Å². The molecule has 0 aromatic heterocycles. The quantitative estimate of drug-likeness (QED) is 0.525. The van der Waals surface area contributed by atoms with Crippen molar-refractivity contribution in [2.24, 2.45) is 0 Å². The lowest BCUT2D eigenvalue weighted by Crippen LogP contribution is -2.26. The van der Waals surface area contributed by atoms with Gasteiger partial charge in [-0.25, -0.2) is 13.1 Å². The minimum atomic E-state index is -3.47. The highest BCUT2D eigenvalue weighted by atomic mass is 127. The molecule has 1 aromatic rings. The Kier molecular flexibility index (Phi) is 7.21. The van der Waals surface area contributed by atoms with Crippen LogP contribution in [-0.4, -0.2) is 34.8 Å². The summed E-state index contributed by atoms with van der Waals surface area (Å²) in [6.45, 7) is 4.80. The predicted molar refractivity (Wildman–Crippen MR) is 86.6 cm³/mol. The van der Waals surface area contributed by atoms with Crippen molar-refractivity contribution < 1.29 is 17.9 Å². The van der Waals surface area contributed by atoms with Gasteiger partial charge in [-0.15, -0.1) is 0 Å². The van der Waals surface area contributed by atoms with Gasteiger partial charge in [0, 0.05) is 13.2 Å². The molecule has 0 heterocycles. The first-order chi connectivity index (χ1) is 9.36. The van der Waals surface area contributed by atoms with Crippen LogP contribution in [0.25, 0.3) is 0 Å². The highest BCUT2D eigenvalue weighted by Gasteiger charge is 2.15. The van der Waals surface area contributed by atoms with Crippen molar-refractivity contribution in [3.8, 4) is 5.75 Å². The number of sulfonamides is 1. The fourth-order valence-electron chi connectivity index (χ4n) is 1.50. The van der Waals surface area contributed by atoms with Crippen molar-refractivity contribution in [2.75, 3.05) is 20.3 Å². The summed E-state index contributed by atoms with van der Waals surface area (Å²) in [6.07, 6.45) is 0.805. The molecule has 1 N–H and O–H groups in total. The van der Waals surface area contributed by atoms with Crippen LogP contribution >= 0.6 is 22.6 Å². The van der Waals surface area contributed by atoms with Gasteiger partial charge in [0.1, 0.15) is 5.75 Å². The van der Waals surface area contributed by atoms with Gasteiger partial charge in [0.05, 0.1) is 21.7 Å². The Labute approximate surface area is 134 Å². The molecule has 0 spiro atoms. The first kappa shape index (κ1) is 17.7. The lowest BCUT2D eigenvalue weighted by Gasteiger charge is -2.10. The highest BCUT2D eigenvalue weighted by Crippen LogP contribution is 2.23. The summed E-state index contributed by atoms with van der Waals surface area (Å²) in [6, 6.07) is 4.78. The summed E-state index contributed by atoms with van der Waals surface area (Å²) in [5.74, 6) is 0.662. The Morgan fingerprint density at radius 2 is 2.05 bits per heavy atom. The van der Waals surface area contributed by atoms with E-state index in [9.17, 15) is 8.42 Å². The third kappa shape index (κ3) is 5.55. The van der Waals surface area contributed by atoms with E-state index in [-0.39, 0.29) is 11.0 Å². The maximum Gasteiger partial charge on any atom is 0.240 e. The Hall–Kier alpha value is -0.380. The van der Waals surface area contributed by atoms with Gasteiger partial charge >= 0.3 is 0 Å². The van der Waals surface area contributed by atoms with Crippen LogP contribution in [0.3, 0.4) is 0 Å². The van der Waals surface area contributed by atoms with Crippen LogP contribution in [0.5, 0.6) is 5.75 Å². The predicted octanol–water partition coefficient (Wildman–Crippen LogP) is 2.39. The van der Waals surface area contributed by atoms with E-state index in [2.05, 4.69) is 4.72 Å². The van der Waals surface area contributed by atoms with Gasteiger partial charge in [0.25, 0.3) is 0 Å². The first-order valence-electron chi connectivity index (χ1n) is 6.31. The molecular weight excluding hydrogens is 393 g/mol. The first-order valence-corrected chi connectivity index (χ1v) is 8.88. The summed E-state index contributed by atoms with van der Waals surface area (Å²) in [4.78, 5) is 0.243. The zero-order chi connectivity index (χ0) is 15.2. The van der Waals surface area contributed by atoms with Crippen molar-refractivity contribution in [1.82, 2.24) is 4.72 Å². The van der Waals surface area contributed by atoms with E-state index >= 15 is 0 Å². The lowest BCUT2D eigenvalue weighted by atomic mass is 10.3. The SMILES string of the molecule is COc1ccc(S(=O)(=O)NCCCOC(C)C)cc1I. The van der Waals surface area contributed by atoms with E-state index in [1.165, 1.54) is 6.07 Å². The molecule has 0 atom stereocenters. The summed E-state index contributed by atoms with van der Waals surface area (Å²) in [7, 11) is -1.92. The standard InChI is InChI=1S/C13H20INO4S/c1-10(2)19-8-4-7-15-20(16,17)11-5-6-13(18-3)12(14)9-11/h5-6,9-10,15H,4,7-8H2,1-3H3. The average molecular weight is 413 g/mol. The van der Waals surface area contributed by atoms with Crippen molar-refractivity contribution in [1.29, 1.82) is 0 Å². The van der Waals surface area contributed by atoms with E-state index in [0.717, 1.165) is 3.57 Å². The average Bonchev–Trinajstić information content (AvgIpc) is 2.37. The van der Waals surface area contributed by atoms with Crippen molar-refractivity contribution >= 4 is 32.6 Å². The number of nitrogens with one attached hydrogen (secondary N) is 1. The summed E-state index contributed by atoms with van der Waals surface area (Å²) >= 11 is 2.05. The molecular formula is C13H20INO4S. The van der Waals surface area contributed by atoms with Crippen LogP contribution in [0.15, 0.2) is 23.1 Å². The van der Waals surface area contributed by atoms with E-state index in [1.54, 1.807) is 19.2 Å². The maximum absolute atomic E-state index is 12.1. The van der Waals surface area contributed by atoms with Crippen LogP contribution in [0, 0.1) is 3.57 Å². The fourth-order valence-corrected chi connectivity index (χ4v) is 3.54. The largest absolute Gasteiger partial charge is 0.496 e. The molecule has 114 valence electrons. The summed E-state index contributed by atoms with van der Waals surface area (Å²) in [5.41, 5.74) is 0. The van der Waals surface area contributed by atoms with Gasteiger partial charge in [0.15, 0.2) is 0 Å². The molecule has 7 heteroatoms. The number of hydrogen-bond acceptors (Lipinski definition) is 4. The molecule has 1 rings (SSSR count). The molecule has 0 fully saturated rings. The molecule has 0 saturated heterocycles. The second-order valence-electron chi connectivity index (χ2n) is 4.47. The molecule has 0 aliphatic carbocycles. The Bertz CT molecular complexity index is 531. The van der Waals surface area contributed by atoms with Crippen LogP contribution < -0.4 is 9.46 Å². The molecule has 0 unspecified atom stereocenters. The fraction of sp³-hybridized carbons (Fsp3) is 0.538. The zero-order valence-electron chi connectivity index (χ0n) is 11.8. The highest BCUT2D eigenvalue weighted by molar-refractivity contribution is 14.1. The number of methoxy groups -OCH3 is 1. The second-order valence-corrected chi connectivity index (χ2v) is 7.40. The summed E-state index contributed by atoms with van der Waals surface area (Å²) in [5, 5.41) is 0. The molecule has 20 heavy (non-hydrogen) atoms. The lowest BCUT2D eigenvalue weighted by molar-refractivity contribution is 0.0778. The third-order valence-corrected chi connectivity index (χ3v) is 4.80. The number of benzene rings is 1. The van der Waals surface area contributed by atoms with E-state index < -0.39 is 10.0 Å². The molecule has 0 amide bonds. The van der Waals surface area contributed by atoms with Crippen LogP contribution in [-0.2, 0) is 14.8 Å². The molecule has 0 aliphatic heterocycles. The molecule has 1 aromatic carbocycles. The topological polar surface area (TPSA) is 64.6 Å². The number of ether oxygens (including phenoxy) is 2. The van der Waals surface area contributed by atoms with E-state index in [0.29, 0.717) is 25.3 Å². The number of halogens is 1. The molecule has 5 nitrogen and oxygen atoms in total. The van der Waals surface area contributed by atoms with Gasteiger partial charge in [-0.2, -0.15) is 0 Å². The van der Waals surface area contributed by atoms with Crippen molar-refractivity contribution in [3.63, 3.8) is 0 Å². The maximum atomic E-state index is 12.1. The minimum Gasteiger partial charge on any atom is -0.496 e. The van der Waals surface area contributed by atoms with Gasteiger partial charge in [-0.1, -0.05) is 0 Å². The third-order valence-electron chi connectivity index (χ3n) is 2.50. The zero-order valence-corrected chi connectivity index (χ0v) is 14.8. The summed E-state index contributed by atoms with van der Waals surface area (Å²) < 4.78 is 38.0.